The highest BCUT2D eigenvalue weighted by Crippen LogP contribution is 2.29. The van der Waals surface area contributed by atoms with Gasteiger partial charge in [-0.05, 0) is 31.2 Å². The van der Waals surface area contributed by atoms with Gasteiger partial charge < -0.3 is 9.64 Å². The van der Waals surface area contributed by atoms with E-state index >= 15 is 0 Å². The van der Waals surface area contributed by atoms with Crippen molar-refractivity contribution in [2.75, 3.05) is 14.2 Å². The fourth-order valence-electron chi connectivity index (χ4n) is 2.19. The Hall–Kier alpha value is -2.47. The molecule has 0 spiro atoms. The summed E-state index contributed by atoms with van der Waals surface area (Å²) in [7, 11) is 2.76. The SMILES string of the molecule is COC(=O)[C@@](C)(c1ccccn1)N(C)C(=O)c1cccnc1Cl. The predicted octanol–water partition coefficient (Wildman–Crippen LogP) is 2.29. The third-order valence-electron chi connectivity index (χ3n) is 3.71. The van der Waals surface area contributed by atoms with Gasteiger partial charge in [-0.2, -0.15) is 0 Å². The van der Waals surface area contributed by atoms with Gasteiger partial charge in [-0.3, -0.25) is 9.78 Å². The molecule has 2 aromatic rings. The van der Waals surface area contributed by atoms with Crippen LogP contribution in [-0.2, 0) is 15.1 Å². The van der Waals surface area contributed by atoms with Crippen LogP contribution < -0.4 is 0 Å². The Kier molecular flexibility index (Phi) is 4.95. The van der Waals surface area contributed by atoms with E-state index in [1.165, 1.54) is 25.3 Å². The molecule has 6 nitrogen and oxygen atoms in total. The minimum absolute atomic E-state index is 0.0672. The fourth-order valence-corrected chi connectivity index (χ4v) is 2.39. The van der Waals surface area contributed by atoms with Gasteiger partial charge in [-0.1, -0.05) is 17.7 Å². The van der Waals surface area contributed by atoms with Gasteiger partial charge in [-0.25, -0.2) is 9.78 Å². The van der Waals surface area contributed by atoms with E-state index in [4.69, 9.17) is 16.3 Å². The number of aromatic nitrogens is 2. The van der Waals surface area contributed by atoms with E-state index in [0.29, 0.717) is 5.69 Å². The number of pyridine rings is 2. The molecule has 0 unspecified atom stereocenters. The maximum Gasteiger partial charge on any atom is 0.337 e. The van der Waals surface area contributed by atoms with E-state index in [0.717, 1.165) is 0 Å². The number of methoxy groups -OCH3 is 1. The molecular weight excluding hydrogens is 318 g/mol. The van der Waals surface area contributed by atoms with Gasteiger partial charge in [0.1, 0.15) is 5.15 Å². The third kappa shape index (κ3) is 3.03. The summed E-state index contributed by atoms with van der Waals surface area (Å²) in [6.07, 6.45) is 3.03. The summed E-state index contributed by atoms with van der Waals surface area (Å²) in [4.78, 5) is 34.5. The van der Waals surface area contributed by atoms with E-state index in [1.807, 2.05) is 0 Å². The first-order chi connectivity index (χ1) is 10.9. The maximum absolute atomic E-state index is 12.8. The summed E-state index contributed by atoms with van der Waals surface area (Å²) in [5.74, 6) is -1.06. The standard InChI is InChI=1S/C16H16ClN3O3/c1-16(15(22)23-3,12-8-4-5-9-18-12)20(2)14(21)11-7-6-10-19-13(11)17/h4-10H,1-3H3/t16-/m1/s1. The topological polar surface area (TPSA) is 72.4 Å². The van der Waals surface area contributed by atoms with Crippen molar-refractivity contribution in [2.45, 2.75) is 12.5 Å². The maximum atomic E-state index is 12.8. The van der Waals surface area contributed by atoms with E-state index in [-0.39, 0.29) is 10.7 Å². The second-order valence-corrected chi connectivity index (χ2v) is 5.34. The largest absolute Gasteiger partial charge is 0.467 e. The first-order valence-corrected chi connectivity index (χ1v) is 7.19. The number of rotatable bonds is 4. The minimum Gasteiger partial charge on any atom is -0.467 e. The summed E-state index contributed by atoms with van der Waals surface area (Å²) in [6.45, 7) is 1.57. The van der Waals surface area contributed by atoms with Crippen LogP contribution in [0.3, 0.4) is 0 Å². The Morgan fingerprint density at radius 1 is 1.17 bits per heavy atom. The first kappa shape index (κ1) is 16.9. The van der Waals surface area contributed by atoms with Crippen molar-refractivity contribution >= 4 is 23.5 Å². The molecule has 120 valence electrons. The Bertz CT molecular complexity index is 724. The molecule has 0 saturated heterocycles. The van der Waals surface area contributed by atoms with Crippen LogP contribution in [0.25, 0.3) is 0 Å². The number of amides is 1. The number of hydrogen-bond donors (Lipinski definition) is 0. The van der Waals surface area contributed by atoms with Gasteiger partial charge in [0.05, 0.1) is 18.4 Å². The van der Waals surface area contributed by atoms with Crippen LogP contribution in [0.4, 0.5) is 0 Å². The molecule has 0 saturated carbocycles. The molecule has 7 heteroatoms. The van der Waals surface area contributed by atoms with Crippen molar-refractivity contribution in [2.24, 2.45) is 0 Å². The molecule has 0 fully saturated rings. The highest BCUT2D eigenvalue weighted by atomic mass is 35.5. The Morgan fingerprint density at radius 2 is 1.87 bits per heavy atom. The number of halogens is 1. The molecule has 2 heterocycles. The van der Waals surface area contributed by atoms with Gasteiger partial charge in [0.15, 0.2) is 5.54 Å². The molecule has 0 radical (unpaired) electrons. The van der Waals surface area contributed by atoms with Gasteiger partial charge in [0.2, 0.25) is 0 Å². The van der Waals surface area contributed by atoms with E-state index < -0.39 is 17.4 Å². The summed E-state index contributed by atoms with van der Waals surface area (Å²) in [5.41, 5.74) is -0.808. The second-order valence-electron chi connectivity index (χ2n) is 4.98. The zero-order valence-electron chi connectivity index (χ0n) is 13.0. The van der Waals surface area contributed by atoms with Gasteiger partial charge in [0.25, 0.3) is 5.91 Å². The van der Waals surface area contributed by atoms with Crippen LogP contribution in [0.5, 0.6) is 0 Å². The molecule has 0 aliphatic rings. The molecule has 2 aromatic heterocycles. The molecule has 1 atom stereocenters. The number of esters is 1. The number of nitrogens with zero attached hydrogens (tertiary/aromatic N) is 3. The van der Waals surface area contributed by atoms with Crippen LogP contribution in [0.1, 0.15) is 23.0 Å². The normalized spacial score (nSPS) is 13.0. The Labute approximate surface area is 139 Å². The van der Waals surface area contributed by atoms with Gasteiger partial charge in [0, 0.05) is 19.4 Å². The number of ether oxygens (including phenoxy) is 1. The zero-order chi connectivity index (χ0) is 17.0. The summed E-state index contributed by atoms with van der Waals surface area (Å²) >= 11 is 5.98. The second kappa shape index (κ2) is 6.75. The molecular formula is C16H16ClN3O3. The smallest absolute Gasteiger partial charge is 0.337 e. The fraction of sp³-hybridized carbons (Fsp3) is 0.250. The predicted molar refractivity (Wildman–Crippen MR) is 84.9 cm³/mol. The Morgan fingerprint density at radius 3 is 2.43 bits per heavy atom. The molecule has 0 aliphatic carbocycles. The van der Waals surface area contributed by atoms with Crippen LogP contribution in [0, 0.1) is 0 Å². The molecule has 0 bridgehead atoms. The summed E-state index contributed by atoms with van der Waals surface area (Å²) in [5, 5.41) is 0.0672. The lowest BCUT2D eigenvalue weighted by Gasteiger charge is -2.35. The Balaban J connectivity index is 2.50. The first-order valence-electron chi connectivity index (χ1n) is 6.81. The lowest BCUT2D eigenvalue weighted by atomic mass is 9.94. The van der Waals surface area contributed by atoms with Crippen LogP contribution in [0.2, 0.25) is 5.15 Å². The zero-order valence-corrected chi connectivity index (χ0v) is 13.7. The molecule has 0 N–H and O–H groups in total. The molecule has 0 aromatic carbocycles. The monoisotopic (exact) mass is 333 g/mol. The number of carbonyl (C=O) groups is 2. The van der Waals surface area contributed by atoms with Crippen molar-refractivity contribution in [3.05, 3.63) is 59.1 Å². The van der Waals surface area contributed by atoms with E-state index in [1.54, 1.807) is 43.5 Å². The average Bonchev–Trinajstić information content (AvgIpc) is 2.60. The average molecular weight is 334 g/mol. The van der Waals surface area contributed by atoms with E-state index in [2.05, 4.69) is 9.97 Å². The van der Waals surface area contributed by atoms with Crippen molar-refractivity contribution in [3.63, 3.8) is 0 Å². The third-order valence-corrected chi connectivity index (χ3v) is 4.01. The van der Waals surface area contributed by atoms with Crippen molar-refractivity contribution in [1.29, 1.82) is 0 Å². The van der Waals surface area contributed by atoms with Gasteiger partial charge in [-0.15, -0.1) is 0 Å². The lowest BCUT2D eigenvalue weighted by Crippen LogP contribution is -2.51. The molecule has 2 rings (SSSR count). The number of carbonyl (C=O) groups excluding carboxylic acids is 2. The highest BCUT2D eigenvalue weighted by Gasteiger charge is 2.44. The highest BCUT2D eigenvalue weighted by molar-refractivity contribution is 6.32. The molecule has 1 amide bonds. The summed E-state index contributed by atoms with van der Waals surface area (Å²) in [6, 6.07) is 8.26. The van der Waals surface area contributed by atoms with Crippen LogP contribution >= 0.6 is 11.6 Å². The number of hydrogen-bond acceptors (Lipinski definition) is 5. The van der Waals surface area contributed by atoms with Crippen LogP contribution in [-0.4, -0.2) is 40.9 Å². The van der Waals surface area contributed by atoms with Crippen LogP contribution in [0.15, 0.2) is 42.7 Å². The van der Waals surface area contributed by atoms with Crippen molar-refractivity contribution in [1.82, 2.24) is 14.9 Å². The minimum atomic E-state index is -1.40. The van der Waals surface area contributed by atoms with Gasteiger partial charge >= 0.3 is 5.97 Å². The molecule has 23 heavy (non-hydrogen) atoms. The number of likely N-dealkylation sites (N-methyl/N-ethyl adjacent to an activating group) is 1. The quantitative estimate of drug-likeness (QED) is 0.634. The molecule has 0 aliphatic heterocycles. The van der Waals surface area contributed by atoms with Crippen molar-refractivity contribution < 1.29 is 14.3 Å². The van der Waals surface area contributed by atoms with E-state index in [9.17, 15) is 9.59 Å². The van der Waals surface area contributed by atoms with Crippen molar-refractivity contribution in [3.8, 4) is 0 Å². The lowest BCUT2D eigenvalue weighted by molar-refractivity contribution is -0.152. The summed E-state index contributed by atoms with van der Waals surface area (Å²) < 4.78 is 4.89.